The number of hydrogen-bond acceptors (Lipinski definition) is 1. The molecule has 13 rings (SSSR count). The summed E-state index contributed by atoms with van der Waals surface area (Å²) in [6.07, 6.45) is 7.48. The van der Waals surface area contributed by atoms with Gasteiger partial charge in [-0.3, -0.25) is 0 Å². The van der Waals surface area contributed by atoms with Gasteiger partial charge in [0, 0.05) is 16.8 Å². The average molecular weight is 834 g/mol. The van der Waals surface area contributed by atoms with E-state index in [-0.39, 0.29) is 11.0 Å². The first-order valence-electron chi connectivity index (χ1n) is 23.8. The van der Waals surface area contributed by atoms with Gasteiger partial charge in [-0.15, -0.1) is 0 Å². The minimum absolute atomic E-state index is 0.0191. The summed E-state index contributed by atoms with van der Waals surface area (Å²) in [4.78, 5) is 2.73. The van der Waals surface area contributed by atoms with Gasteiger partial charge in [0.1, 0.15) is 0 Å². The van der Waals surface area contributed by atoms with E-state index in [0.29, 0.717) is 0 Å². The summed E-state index contributed by atoms with van der Waals surface area (Å²) >= 11 is 0. The van der Waals surface area contributed by atoms with E-state index in [0.717, 1.165) is 0 Å². The summed E-state index contributed by atoms with van der Waals surface area (Å²) in [6.45, 7) is 5.16. The van der Waals surface area contributed by atoms with E-state index < -0.39 is 0 Å². The quantitative estimate of drug-likeness (QED) is 0.156. The molecule has 65 heavy (non-hydrogen) atoms. The maximum Gasteiger partial charge on any atom is 0.0517 e. The first kappa shape index (κ1) is 38.3. The molecule has 1 nitrogen and oxygen atoms in total. The zero-order chi connectivity index (χ0) is 43.3. The van der Waals surface area contributed by atoms with Gasteiger partial charge < -0.3 is 4.90 Å². The Balaban J connectivity index is 1.15. The molecule has 2 unspecified atom stereocenters. The summed E-state index contributed by atoms with van der Waals surface area (Å²) in [7, 11) is 0. The smallest absolute Gasteiger partial charge is 0.0517 e. The molecule has 0 radical (unpaired) electrons. The van der Waals surface area contributed by atoms with E-state index in [2.05, 4.69) is 219 Å². The fourth-order valence-electron chi connectivity index (χ4n) is 12.7. The maximum atomic E-state index is 2.73. The minimum atomic E-state index is -0.0433. The van der Waals surface area contributed by atoms with Crippen molar-refractivity contribution in [3.8, 4) is 44.5 Å². The van der Waals surface area contributed by atoms with Crippen molar-refractivity contribution in [3.63, 3.8) is 0 Å². The first-order chi connectivity index (χ1) is 32.0. The van der Waals surface area contributed by atoms with Crippen LogP contribution in [0.15, 0.2) is 200 Å². The van der Waals surface area contributed by atoms with Crippen LogP contribution in [-0.4, -0.2) is 5.54 Å². The van der Waals surface area contributed by atoms with Crippen molar-refractivity contribution in [2.45, 2.75) is 63.3 Å². The lowest BCUT2D eigenvalue weighted by molar-refractivity contribution is 0.218. The van der Waals surface area contributed by atoms with E-state index >= 15 is 0 Å². The normalized spacial score (nSPS) is 18.6. The van der Waals surface area contributed by atoms with E-state index in [1.165, 1.54) is 154 Å². The number of rotatable bonds is 5. The topological polar surface area (TPSA) is 3.24 Å². The molecule has 0 amide bonds. The minimum Gasteiger partial charge on any atom is -0.334 e. The van der Waals surface area contributed by atoms with Gasteiger partial charge in [-0.1, -0.05) is 196 Å². The Bertz CT molecular complexity index is 3630. The van der Waals surface area contributed by atoms with Crippen molar-refractivity contribution >= 4 is 65.2 Å². The Morgan fingerprint density at radius 1 is 0.354 bits per heavy atom. The van der Waals surface area contributed by atoms with Crippen molar-refractivity contribution in [1.82, 2.24) is 0 Å². The molecule has 0 aromatic heterocycles. The fourth-order valence-corrected chi connectivity index (χ4v) is 12.7. The van der Waals surface area contributed by atoms with Gasteiger partial charge in [0.25, 0.3) is 0 Å². The van der Waals surface area contributed by atoms with Crippen LogP contribution in [-0.2, 0) is 5.41 Å². The number of anilines is 2. The second-order valence-corrected chi connectivity index (χ2v) is 19.4. The van der Waals surface area contributed by atoms with Gasteiger partial charge in [0.2, 0.25) is 0 Å². The third kappa shape index (κ3) is 5.64. The van der Waals surface area contributed by atoms with E-state index in [1.807, 2.05) is 0 Å². The molecule has 11 aromatic carbocycles. The van der Waals surface area contributed by atoms with Gasteiger partial charge in [0.05, 0.1) is 5.54 Å². The van der Waals surface area contributed by atoms with Crippen LogP contribution in [0, 0.1) is 0 Å². The molecule has 312 valence electrons. The summed E-state index contributed by atoms with van der Waals surface area (Å²) < 4.78 is 0. The lowest BCUT2D eigenvalue weighted by Gasteiger charge is -2.48. The molecule has 0 bridgehead atoms. The SMILES string of the molecule is CC12CCCCCCC1(C)N(c1ccccc1)c1ccc(-c3cc(-c4cccc5ccccc45)c4ccc5c(-c6ccccc6)cc(-c6cccc7ccccc67)c6ccc3c4c56)cc12. The van der Waals surface area contributed by atoms with Crippen molar-refractivity contribution in [1.29, 1.82) is 0 Å². The monoisotopic (exact) mass is 833 g/mol. The Morgan fingerprint density at radius 3 is 1.45 bits per heavy atom. The Morgan fingerprint density at radius 2 is 0.846 bits per heavy atom. The largest absolute Gasteiger partial charge is 0.334 e. The van der Waals surface area contributed by atoms with Gasteiger partial charge in [-0.25, -0.2) is 0 Å². The second-order valence-electron chi connectivity index (χ2n) is 19.4. The number of para-hydroxylation sites is 1. The zero-order valence-electron chi connectivity index (χ0n) is 37.2. The Labute approximate surface area is 382 Å². The first-order valence-corrected chi connectivity index (χ1v) is 23.8. The third-order valence-electron chi connectivity index (χ3n) is 16.1. The van der Waals surface area contributed by atoms with Crippen LogP contribution in [0.1, 0.15) is 57.9 Å². The molecule has 1 heterocycles. The third-order valence-corrected chi connectivity index (χ3v) is 16.1. The average Bonchev–Trinajstić information content (AvgIpc) is 3.54. The second kappa shape index (κ2) is 14.7. The van der Waals surface area contributed by atoms with Gasteiger partial charge in [0.15, 0.2) is 0 Å². The van der Waals surface area contributed by atoms with Crippen LogP contribution in [0.5, 0.6) is 0 Å². The molecule has 1 fully saturated rings. The highest BCUT2D eigenvalue weighted by Gasteiger charge is 2.56. The van der Waals surface area contributed by atoms with Crippen molar-refractivity contribution < 1.29 is 0 Å². The number of fused-ring (bicyclic) bond motifs is 5. The van der Waals surface area contributed by atoms with Crippen LogP contribution >= 0.6 is 0 Å². The standard InChI is InChI=1S/C64H51N/c1-63-37-15-3-4-16-38-64(63,2)65(46-25-9-6-10-26-46)60-36-31-45(39-59(60)63)56-41-58(50-30-18-24-43-22-12-14-28-48(43)50)54-34-32-51-55(44-19-7-5-8-20-44)40-57(53-35-33-52(56)62(54)61(51)53)49-29-17-23-42-21-11-13-27-47(42)49/h5-14,17-36,39-41H,3-4,15-16,37-38H2,1-2H3. The predicted octanol–water partition coefficient (Wildman–Crippen LogP) is 18.1. The van der Waals surface area contributed by atoms with Crippen molar-refractivity contribution in [2.75, 3.05) is 4.90 Å². The van der Waals surface area contributed by atoms with Gasteiger partial charge >= 0.3 is 0 Å². The van der Waals surface area contributed by atoms with Crippen LogP contribution < -0.4 is 4.90 Å². The van der Waals surface area contributed by atoms with E-state index in [4.69, 9.17) is 0 Å². The van der Waals surface area contributed by atoms with Crippen LogP contribution in [0.3, 0.4) is 0 Å². The summed E-state index contributed by atoms with van der Waals surface area (Å²) in [5, 5.41) is 12.9. The van der Waals surface area contributed by atoms with Crippen LogP contribution in [0.25, 0.3) is 98.4 Å². The summed E-state index contributed by atoms with van der Waals surface area (Å²) in [5.41, 5.74) is 14.3. The zero-order valence-corrected chi connectivity index (χ0v) is 37.2. The van der Waals surface area contributed by atoms with Crippen LogP contribution in [0.4, 0.5) is 11.4 Å². The highest BCUT2D eigenvalue weighted by molar-refractivity contribution is 6.32. The summed E-state index contributed by atoms with van der Waals surface area (Å²) in [5.74, 6) is 0. The predicted molar refractivity (Wildman–Crippen MR) is 279 cm³/mol. The lowest BCUT2D eigenvalue weighted by Crippen LogP contribution is -2.53. The number of benzene rings is 11. The van der Waals surface area contributed by atoms with Gasteiger partial charge in [-0.05, 0) is 160 Å². The highest BCUT2D eigenvalue weighted by Crippen LogP contribution is 2.60. The molecule has 11 aromatic rings. The Kier molecular flexibility index (Phi) is 8.63. The summed E-state index contributed by atoms with van der Waals surface area (Å²) in [6, 6.07) is 75.9. The molecule has 0 spiro atoms. The Hall–Kier alpha value is -7.22. The molecule has 2 aliphatic rings. The number of hydrogen-bond donors (Lipinski definition) is 0. The molecule has 0 saturated heterocycles. The van der Waals surface area contributed by atoms with Crippen molar-refractivity contribution in [3.05, 3.63) is 206 Å². The highest BCUT2D eigenvalue weighted by atomic mass is 15.2. The maximum absolute atomic E-state index is 2.73. The van der Waals surface area contributed by atoms with E-state index in [9.17, 15) is 0 Å². The number of nitrogens with zero attached hydrogens (tertiary/aromatic N) is 1. The molecular formula is C64H51N. The van der Waals surface area contributed by atoms with Crippen LogP contribution in [0.2, 0.25) is 0 Å². The molecule has 1 heteroatoms. The van der Waals surface area contributed by atoms with E-state index in [1.54, 1.807) is 0 Å². The molecule has 1 aliphatic heterocycles. The molecular weight excluding hydrogens is 783 g/mol. The van der Waals surface area contributed by atoms with Gasteiger partial charge in [-0.2, -0.15) is 0 Å². The molecule has 1 aliphatic carbocycles. The molecule has 2 atom stereocenters. The lowest BCUT2D eigenvalue weighted by atomic mass is 9.63. The van der Waals surface area contributed by atoms with Crippen molar-refractivity contribution in [2.24, 2.45) is 0 Å². The fraction of sp³-hybridized carbons (Fsp3) is 0.156. The molecule has 0 N–H and O–H groups in total. The molecule has 1 saturated carbocycles.